The summed E-state index contributed by atoms with van der Waals surface area (Å²) in [5.41, 5.74) is 9.32. The third-order valence-corrected chi connectivity index (χ3v) is 3.84. The van der Waals surface area contributed by atoms with Crippen LogP contribution in [0.2, 0.25) is 0 Å². The van der Waals surface area contributed by atoms with Crippen molar-refractivity contribution in [2.24, 2.45) is 15.7 Å². The molecule has 27 heavy (non-hydrogen) atoms. The molecular formula is C22H24N4O. The van der Waals surface area contributed by atoms with Crippen molar-refractivity contribution in [2.75, 3.05) is 18.5 Å². The predicted molar refractivity (Wildman–Crippen MR) is 115 cm³/mol. The maximum absolute atomic E-state index is 6.01. The molecule has 0 atom stereocenters. The zero-order valence-corrected chi connectivity index (χ0v) is 15.0. The van der Waals surface area contributed by atoms with Crippen LogP contribution in [0.1, 0.15) is 1.43 Å². The van der Waals surface area contributed by atoms with Crippen molar-refractivity contribution in [1.29, 1.82) is 0 Å². The Morgan fingerprint density at radius 3 is 2.41 bits per heavy atom. The first-order valence-corrected chi connectivity index (χ1v) is 8.73. The number of hydrogen-bond donors (Lipinski definition) is 2. The fraction of sp³-hybridized carbons (Fsp3) is 0.0909. The highest BCUT2D eigenvalue weighted by Gasteiger charge is 2.08. The van der Waals surface area contributed by atoms with E-state index in [0.29, 0.717) is 13.2 Å². The van der Waals surface area contributed by atoms with Crippen LogP contribution in [0.4, 0.5) is 11.4 Å². The van der Waals surface area contributed by atoms with Gasteiger partial charge in [0, 0.05) is 24.4 Å². The summed E-state index contributed by atoms with van der Waals surface area (Å²) >= 11 is 0. The van der Waals surface area contributed by atoms with E-state index in [1.54, 1.807) is 0 Å². The number of para-hydroxylation sites is 1. The lowest BCUT2D eigenvalue weighted by Gasteiger charge is -2.14. The van der Waals surface area contributed by atoms with Gasteiger partial charge in [0.2, 0.25) is 0 Å². The highest BCUT2D eigenvalue weighted by Crippen LogP contribution is 2.33. The quantitative estimate of drug-likeness (QED) is 0.346. The van der Waals surface area contributed by atoms with Crippen molar-refractivity contribution in [3.63, 3.8) is 0 Å². The van der Waals surface area contributed by atoms with E-state index in [4.69, 9.17) is 10.5 Å². The molecule has 3 rings (SSSR count). The highest BCUT2D eigenvalue weighted by atomic mass is 16.5. The summed E-state index contributed by atoms with van der Waals surface area (Å²) in [5, 5.41) is 3.40. The Morgan fingerprint density at radius 1 is 0.926 bits per heavy atom. The molecular weight excluding hydrogens is 336 g/mol. The number of rotatable bonds is 8. The van der Waals surface area contributed by atoms with E-state index < -0.39 is 0 Å². The summed E-state index contributed by atoms with van der Waals surface area (Å²) in [5.74, 6) is 0.805. The lowest BCUT2D eigenvalue weighted by Crippen LogP contribution is -2.03. The van der Waals surface area contributed by atoms with Crippen LogP contribution in [0.5, 0.6) is 5.75 Å². The lowest BCUT2D eigenvalue weighted by molar-refractivity contribution is 0.330. The second-order valence-corrected chi connectivity index (χ2v) is 5.74. The molecule has 0 aliphatic carbocycles. The van der Waals surface area contributed by atoms with Crippen molar-refractivity contribution >= 4 is 24.1 Å². The van der Waals surface area contributed by atoms with Crippen molar-refractivity contribution in [2.45, 2.75) is 0 Å². The van der Waals surface area contributed by atoms with Crippen LogP contribution in [0.3, 0.4) is 0 Å². The zero-order valence-electron chi connectivity index (χ0n) is 15.0. The third kappa shape index (κ3) is 5.44. The Balaban J connectivity index is 0.00000280. The molecule has 5 heteroatoms. The molecule has 0 aliphatic heterocycles. The van der Waals surface area contributed by atoms with Crippen LogP contribution in [0, 0.1) is 0 Å². The summed E-state index contributed by atoms with van der Waals surface area (Å²) in [4.78, 5) is 7.86. The molecule has 0 aliphatic rings. The molecule has 0 heterocycles. The Morgan fingerprint density at radius 2 is 1.67 bits per heavy atom. The van der Waals surface area contributed by atoms with E-state index in [0.717, 1.165) is 28.3 Å². The van der Waals surface area contributed by atoms with Gasteiger partial charge in [0.05, 0.1) is 12.9 Å². The van der Waals surface area contributed by atoms with Gasteiger partial charge in [-0.25, -0.2) is 4.99 Å². The average Bonchev–Trinajstić information content (AvgIpc) is 2.72. The van der Waals surface area contributed by atoms with Gasteiger partial charge in [0.25, 0.3) is 0 Å². The minimum Gasteiger partial charge on any atom is -0.491 e. The number of anilines is 2. The fourth-order valence-electron chi connectivity index (χ4n) is 2.62. The number of aliphatic imine (C=N–C) groups is 2. The van der Waals surface area contributed by atoms with E-state index in [-0.39, 0.29) is 1.43 Å². The van der Waals surface area contributed by atoms with Gasteiger partial charge in [-0.3, -0.25) is 4.99 Å². The van der Waals surface area contributed by atoms with Gasteiger partial charge in [-0.05, 0) is 29.8 Å². The topological polar surface area (TPSA) is 72.0 Å². The number of nitrogens with zero attached hydrogens (tertiary/aromatic N) is 2. The average molecular weight is 360 g/mol. The first-order valence-electron chi connectivity index (χ1n) is 8.73. The van der Waals surface area contributed by atoms with Crippen molar-refractivity contribution in [3.05, 3.63) is 78.9 Å². The van der Waals surface area contributed by atoms with Crippen LogP contribution in [0.25, 0.3) is 11.1 Å². The molecule has 0 saturated carbocycles. The summed E-state index contributed by atoms with van der Waals surface area (Å²) < 4.78 is 6.01. The minimum absolute atomic E-state index is 0. The molecule has 5 nitrogen and oxygen atoms in total. The Kier molecular flexibility index (Phi) is 6.59. The van der Waals surface area contributed by atoms with Gasteiger partial charge < -0.3 is 15.8 Å². The summed E-state index contributed by atoms with van der Waals surface area (Å²) in [6.07, 6.45) is 2.63. The predicted octanol–water partition coefficient (Wildman–Crippen LogP) is 4.74. The molecule has 0 fully saturated rings. The van der Waals surface area contributed by atoms with E-state index in [1.165, 1.54) is 12.7 Å². The minimum atomic E-state index is 0. The Labute approximate surface area is 160 Å². The zero-order chi connectivity index (χ0) is 18.7. The SMILES string of the molecule is NC=NC=NCCOc1cc(Nc2ccccc2)ccc1-c1ccccc1.[HH]. The molecule has 0 saturated heterocycles. The first-order chi connectivity index (χ1) is 13.4. The second kappa shape index (κ2) is 9.77. The fourth-order valence-corrected chi connectivity index (χ4v) is 2.62. The summed E-state index contributed by atoms with van der Waals surface area (Å²) in [6, 6.07) is 26.4. The van der Waals surface area contributed by atoms with E-state index in [1.807, 2.05) is 54.6 Å². The van der Waals surface area contributed by atoms with Crippen LogP contribution < -0.4 is 15.8 Å². The van der Waals surface area contributed by atoms with Crippen LogP contribution in [0.15, 0.2) is 88.8 Å². The molecule has 0 radical (unpaired) electrons. The summed E-state index contributed by atoms with van der Waals surface area (Å²) in [6.45, 7) is 0.952. The number of benzene rings is 3. The van der Waals surface area contributed by atoms with Gasteiger partial charge in [0.15, 0.2) is 0 Å². The van der Waals surface area contributed by atoms with Crippen molar-refractivity contribution in [1.82, 2.24) is 0 Å². The number of nitrogens with two attached hydrogens (primary N) is 1. The molecule has 0 bridgehead atoms. The maximum atomic E-state index is 6.01. The monoisotopic (exact) mass is 360 g/mol. The number of ether oxygens (including phenoxy) is 1. The molecule has 3 aromatic rings. The second-order valence-electron chi connectivity index (χ2n) is 5.74. The van der Waals surface area contributed by atoms with Crippen molar-refractivity contribution < 1.29 is 6.16 Å². The molecule has 3 N–H and O–H groups in total. The van der Waals surface area contributed by atoms with Gasteiger partial charge >= 0.3 is 0 Å². The van der Waals surface area contributed by atoms with Gasteiger partial charge in [0.1, 0.15) is 18.7 Å². The molecule has 0 spiro atoms. The number of nitrogens with one attached hydrogen (secondary N) is 1. The molecule has 3 aromatic carbocycles. The van der Waals surface area contributed by atoms with Gasteiger partial charge in [-0.1, -0.05) is 48.5 Å². The van der Waals surface area contributed by atoms with Gasteiger partial charge in [-0.15, -0.1) is 0 Å². The standard InChI is InChI=1S/C22H22N4O.H2/c23-16-25-17-24-13-14-27-22-15-20(26-19-9-5-2-6-10-19)11-12-21(22)18-7-3-1-4-8-18;/h1-12,15-17,26H,13-14H2,(H2,23,24,25);1H. The van der Waals surface area contributed by atoms with E-state index >= 15 is 0 Å². The molecule has 0 amide bonds. The number of hydrogen-bond acceptors (Lipinski definition) is 3. The van der Waals surface area contributed by atoms with E-state index in [2.05, 4.69) is 39.6 Å². The van der Waals surface area contributed by atoms with Crippen LogP contribution in [-0.2, 0) is 0 Å². The third-order valence-electron chi connectivity index (χ3n) is 3.84. The van der Waals surface area contributed by atoms with Crippen LogP contribution in [-0.4, -0.2) is 25.8 Å². The maximum Gasteiger partial charge on any atom is 0.129 e. The molecule has 138 valence electrons. The normalized spacial score (nSPS) is 11.1. The van der Waals surface area contributed by atoms with E-state index in [9.17, 15) is 0 Å². The largest absolute Gasteiger partial charge is 0.491 e. The lowest BCUT2D eigenvalue weighted by atomic mass is 10.0. The Hall–Kier alpha value is -3.60. The molecule has 0 aromatic heterocycles. The molecule has 0 unspecified atom stereocenters. The highest BCUT2D eigenvalue weighted by molar-refractivity contribution is 5.75. The van der Waals surface area contributed by atoms with Crippen LogP contribution >= 0.6 is 0 Å². The first kappa shape index (κ1) is 18.2. The van der Waals surface area contributed by atoms with Gasteiger partial charge in [-0.2, -0.15) is 0 Å². The van der Waals surface area contributed by atoms with Crippen molar-refractivity contribution in [3.8, 4) is 16.9 Å². The smallest absolute Gasteiger partial charge is 0.129 e. The summed E-state index contributed by atoms with van der Waals surface area (Å²) in [7, 11) is 0. The Bertz CT molecular complexity index is 899.